The molecule has 0 unspecified atom stereocenters. The fraction of sp³-hybridized carbons (Fsp3) is 0.316. The Labute approximate surface area is 153 Å². The lowest BCUT2D eigenvalue weighted by molar-refractivity contribution is 0.273. The molecule has 1 aromatic heterocycles. The summed E-state index contributed by atoms with van der Waals surface area (Å²) in [5, 5.41) is 5.61. The molecule has 0 saturated heterocycles. The van der Waals surface area contributed by atoms with Gasteiger partial charge in [-0.3, -0.25) is 4.68 Å². The van der Waals surface area contributed by atoms with Crippen LogP contribution in [-0.4, -0.2) is 41.9 Å². The van der Waals surface area contributed by atoms with Crippen molar-refractivity contribution in [3.05, 3.63) is 59.9 Å². The number of nitrogens with zero attached hydrogens (tertiary/aromatic N) is 3. The van der Waals surface area contributed by atoms with E-state index in [1.165, 1.54) is 12.1 Å². The van der Waals surface area contributed by atoms with Crippen LogP contribution < -0.4 is 4.74 Å². The van der Waals surface area contributed by atoms with Gasteiger partial charge in [-0.1, -0.05) is 24.3 Å². The number of fused-ring (bicyclic) bond motifs is 1. The molecule has 0 aliphatic heterocycles. The Morgan fingerprint density at radius 3 is 2.52 bits per heavy atom. The summed E-state index contributed by atoms with van der Waals surface area (Å²) in [7, 11) is 4.10. The van der Waals surface area contributed by atoms with E-state index in [2.05, 4.69) is 10.00 Å². The molecule has 0 fully saturated rings. The van der Waals surface area contributed by atoms with Crippen LogP contribution in [0.2, 0.25) is 0 Å². The van der Waals surface area contributed by atoms with Gasteiger partial charge in [-0.05, 0) is 50.3 Å². The molecule has 25 heavy (non-hydrogen) atoms. The number of aromatic nitrogens is 2. The monoisotopic (exact) mass is 363 g/mol. The summed E-state index contributed by atoms with van der Waals surface area (Å²) < 4.78 is 20.9. The minimum Gasteiger partial charge on any atom is -0.476 e. The van der Waals surface area contributed by atoms with Crippen LogP contribution in [0.15, 0.2) is 48.5 Å². The van der Waals surface area contributed by atoms with Gasteiger partial charge in [0.2, 0.25) is 5.88 Å². The van der Waals surface area contributed by atoms with Crippen molar-refractivity contribution in [2.45, 2.75) is 13.0 Å². The first-order valence-corrected chi connectivity index (χ1v) is 8.11. The van der Waals surface area contributed by atoms with Crippen LogP contribution in [0.1, 0.15) is 12.0 Å². The summed E-state index contributed by atoms with van der Waals surface area (Å²) in [6.45, 7) is 2.20. The highest BCUT2D eigenvalue weighted by molar-refractivity contribution is 5.85. The van der Waals surface area contributed by atoms with Gasteiger partial charge >= 0.3 is 0 Å². The molecule has 0 amide bonds. The highest BCUT2D eigenvalue weighted by atomic mass is 35.5. The second kappa shape index (κ2) is 8.83. The van der Waals surface area contributed by atoms with Gasteiger partial charge in [0.25, 0.3) is 0 Å². The molecule has 0 spiro atoms. The number of ether oxygens (including phenoxy) is 1. The maximum atomic E-state index is 13.1. The second-order valence-electron chi connectivity index (χ2n) is 6.11. The molecule has 0 aliphatic rings. The molecule has 0 atom stereocenters. The van der Waals surface area contributed by atoms with Crippen LogP contribution in [0, 0.1) is 5.82 Å². The number of benzene rings is 2. The molecule has 0 aliphatic carbocycles. The smallest absolute Gasteiger partial charge is 0.240 e. The first-order chi connectivity index (χ1) is 11.6. The van der Waals surface area contributed by atoms with Crippen LogP contribution in [0.5, 0.6) is 5.88 Å². The van der Waals surface area contributed by atoms with E-state index < -0.39 is 0 Å². The normalized spacial score (nSPS) is 10.9. The molecule has 0 radical (unpaired) electrons. The van der Waals surface area contributed by atoms with Crippen molar-refractivity contribution < 1.29 is 9.13 Å². The zero-order valence-corrected chi connectivity index (χ0v) is 15.3. The zero-order valence-electron chi connectivity index (χ0n) is 14.5. The van der Waals surface area contributed by atoms with Gasteiger partial charge in [-0.2, -0.15) is 0 Å². The van der Waals surface area contributed by atoms with E-state index in [1.54, 1.807) is 12.1 Å². The first-order valence-electron chi connectivity index (χ1n) is 8.11. The van der Waals surface area contributed by atoms with Crippen LogP contribution >= 0.6 is 12.4 Å². The quantitative estimate of drug-likeness (QED) is 0.595. The average molecular weight is 364 g/mol. The van der Waals surface area contributed by atoms with E-state index in [-0.39, 0.29) is 18.2 Å². The number of hydrogen-bond acceptors (Lipinski definition) is 3. The molecule has 6 heteroatoms. The molecule has 2 aromatic carbocycles. The van der Waals surface area contributed by atoms with Crippen molar-refractivity contribution in [3.63, 3.8) is 0 Å². The largest absolute Gasteiger partial charge is 0.476 e. The average Bonchev–Trinajstić information content (AvgIpc) is 2.92. The van der Waals surface area contributed by atoms with Crippen LogP contribution in [0.3, 0.4) is 0 Å². The van der Waals surface area contributed by atoms with E-state index in [9.17, 15) is 4.39 Å². The number of para-hydroxylation sites is 1. The molecular formula is C19H23ClFN3O. The minimum absolute atomic E-state index is 0. The molecule has 0 N–H and O–H groups in total. The van der Waals surface area contributed by atoms with Gasteiger partial charge in [0, 0.05) is 6.54 Å². The molecular weight excluding hydrogens is 341 g/mol. The van der Waals surface area contributed by atoms with Crippen molar-refractivity contribution >= 4 is 23.3 Å². The maximum absolute atomic E-state index is 13.1. The summed E-state index contributed by atoms with van der Waals surface area (Å²) in [5.74, 6) is 0.431. The fourth-order valence-electron chi connectivity index (χ4n) is 2.64. The van der Waals surface area contributed by atoms with Gasteiger partial charge in [0.05, 0.1) is 24.1 Å². The van der Waals surface area contributed by atoms with Gasteiger partial charge in [-0.25, -0.2) is 4.39 Å². The summed E-state index contributed by atoms with van der Waals surface area (Å²) in [6, 6.07) is 14.5. The zero-order chi connectivity index (χ0) is 16.9. The van der Waals surface area contributed by atoms with Gasteiger partial charge in [0.15, 0.2) is 0 Å². The van der Waals surface area contributed by atoms with Gasteiger partial charge < -0.3 is 9.64 Å². The Balaban J connectivity index is 0.00000225. The third kappa shape index (κ3) is 4.94. The third-order valence-corrected chi connectivity index (χ3v) is 3.86. The van der Waals surface area contributed by atoms with E-state index in [1.807, 2.05) is 43.0 Å². The fourth-order valence-corrected chi connectivity index (χ4v) is 2.64. The predicted molar refractivity (Wildman–Crippen MR) is 101 cm³/mol. The Bertz CT molecular complexity index is 802. The lowest BCUT2D eigenvalue weighted by Gasteiger charge is -2.09. The number of rotatable bonds is 7. The van der Waals surface area contributed by atoms with E-state index in [0.717, 1.165) is 29.4 Å². The van der Waals surface area contributed by atoms with E-state index in [4.69, 9.17) is 4.74 Å². The molecule has 0 bridgehead atoms. The van der Waals surface area contributed by atoms with Crippen molar-refractivity contribution in [3.8, 4) is 5.88 Å². The molecule has 3 rings (SSSR count). The lowest BCUT2D eigenvalue weighted by Crippen LogP contribution is -2.15. The number of halogens is 2. The van der Waals surface area contributed by atoms with Crippen molar-refractivity contribution in [2.24, 2.45) is 0 Å². The van der Waals surface area contributed by atoms with Gasteiger partial charge in [-0.15, -0.1) is 17.5 Å². The Morgan fingerprint density at radius 2 is 1.80 bits per heavy atom. The predicted octanol–water partition coefficient (Wildman–Crippen LogP) is 3.98. The Kier molecular flexibility index (Phi) is 6.79. The molecule has 4 nitrogen and oxygen atoms in total. The summed E-state index contributed by atoms with van der Waals surface area (Å²) in [5.41, 5.74) is 2.02. The van der Waals surface area contributed by atoms with Crippen LogP contribution in [0.4, 0.5) is 4.39 Å². The molecule has 3 aromatic rings. The highest BCUT2D eigenvalue weighted by Crippen LogP contribution is 2.25. The van der Waals surface area contributed by atoms with Gasteiger partial charge in [0.1, 0.15) is 5.82 Å². The summed E-state index contributed by atoms with van der Waals surface area (Å²) >= 11 is 0. The maximum Gasteiger partial charge on any atom is 0.240 e. The van der Waals surface area contributed by atoms with Crippen molar-refractivity contribution in [1.82, 2.24) is 14.7 Å². The molecule has 134 valence electrons. The molecule has 1 heterocycles. The lowest BCUT2D eigenvalue weighted by atomic mass is 10.2. The van der Waals surface area contributed by atoms with Crippen molar-refractivity contribution in [2.75, 3.05) is 27.2 Å². The third-order valence-electron chi connectivity index (χ3n) is 3.86. The second-order valence-corrected chi connectivity index (χ2v) is 6.11. The van der Waals surface area contributed by atoms with E-state index in [0.29, 0.717) is 19.0 Å². The minimum atomic E-state index is -0.228. The summed E-state index contributed by atoms with van der Waals surface area (Å²) in [4.78, 5) is 2.13. The summed E-state index contributed by atoms with van der Waals surface area (Å²) in [6.07, 6.45) is 0.951. The Morgan fingerprint density at radius 1 is 1.08 bits per heavy atom. The standard InChI is InChI=1S/C19H22FN3O.ClH/c1-22(2)12-5-13-24-19-17-6-3-4-7-18(17)23(21-19)14-15-8-10-16(20)11-9-15;/h3-4,6-11H,5,12-14H2,1-2H3;1H. The topological polar surface area (TPSA) is 30.3 Å². The Hall–Kier alpha value is -2.11. The number of hydrogen-bond donors (Lipinski definition) is 0. The van der Waals surface area contributed by atoms with Crippen LogP contribution in [0.25, 0.3) is 10.9 Å². The van der Waals surface area contributed by atoms with E-state index >= 15 is 0 Å². The first kappa shape index (κ1) is 19.2. The van der Waals surface area contributed by atoms with Crippen LogP contribution in [-0.2, 0) is 6.54 Å². The SMILES string of the molecule is CN(C)CCCOc1nn(Cc2ccc(F)cc2)c2ccccc12.Cl. The molecule has 0 saturated carbocycles. The van der Waals surface area contributed by atoms with Crippen molar-refractivity contribution in [1.29, 1.82) is 0 Å². The highest BCUT2D eigenvalue weighted by Gasteiger charge is 2.11.